The van der Waals surface area contributed by atoms with Crippen LogP contribution >= 0.6 is 0 Å². The zero-order valence-electron chi connectivity index (χ0n) is 16.5. The molecular formula is C20H30N4O2. The molecule has 0 aliphatic rings. The maximum atomic E-state index is 5.36. The molecule has 2 rings (SSSR count). The van der Waals surface area contributed by atoms with E-state index in [4.69, 9.17) is 9.47 Å². The number of nitrogens with zero attached hydrogens (tertiary/aromatic N) is 3. The first-order valence-corrected chi connectivity index (χ1v) is 8.82. The third-order valence-corrected chi connectivity index (χ3v) is 4.40. The Bertz CT molecular complexity index is 724. The standard InChI is InChI=1S/C20H30N4O2/c1-21-20(24(3)15-17-9-7-13-23(17)2)22-12-6-8-16-10-11-18(25-4)19(14-16)26-5/h7,9-11,13-14H,6,8,12,15H2,1-5H3,(H,21,22). The number of nitrogens with one attached hydrogen (secondary N) is 1. The van der Waals surface area contributed by atoms with Crippen molar-refractivity contribution in [3.05, 3.63) is 47.8 Å². The molecule has 1 heterocycles. The lowest BCUT2D eigenvalue weighted by atomic mass is 10.1. The van der Waals surface area contributed by atoms with Gasteiger partial charge in [-0.1, -0.05) is 6.07 Å². The highest BCUT2D eigenvalue weighted by Gasteiger charge is 2.08. The summed E-state index contributed by atoms with van der Waals surface area (Å²) >= 11 is 0. The van der Waals surface area contributed by atoms with Gasteiger partial charge in [-0.05, 0) is 42.7 Å². The van der Waals surface area contributed by atoms with Gasteiger partial charge in [0.15, 0.2) is 17.5 Å². The lowest BCUT2D eigenvalue weighted by molar-refractivity contribution is 0.354. The highest BCUT2D eigenvalue weighted by molar-refractivity contribution is 5.79. The van der Waals surface area contributed by atoms with Crippen molar-refractivity contribution in [1.29, 1.82) is 0 Å². The van der Waals surface area contributed by atoms with Gasteiger partial charge in [0, 0.05) is 39.6 Å². The van der Waals surface area contributed by atoms with Crippen molar-refractivity contribution in [2.45, 2.75) is 19.4 Å². The molecule has 0 bridgehead atoms. The van der Waals surface area contributed by atoms with E-state index in [9.17, 15) is 0 Å². The SMILES string of the molecule is CN=C(NCCCc1ccc(OC)c(OC)c1)N(C)Cc1cccn1C. The summed E-state index contributed by atoms with van der Waals surface area (Å²) in [5.74, 6) is 2.44. The molecule has 0 fully saturated rings. The Morgan fingerprint density at radius 3 is 2.58 bits per heavy atom. The number of aliphatic imine (C=N–C) groups is 1. The van der Waals surface area contributed by atoms with Gasteiger partial charge in [0.25, 0.3) is 0 Å². The number of aromatic nitrogens is 1. The monoisotopic (exact) mass is 358 g/mol. The normalized spacial score (nSPS) is 11.3. The Morgan fingerprint density at radius 1 is 1.19 bits per heavy atom. The molecule has 0 aliphatic carbocycles. The maximum absolute atomic E-state index is 5.36. The molecule has 6 nitrogen and oxygen atoms in total. The largest absolute Gasteiger partial charge is 0.493 e. The van der Waals surface area contributed by atoms with E-state index in [-0.39, 0.29) is 0 Å². The van der Waals surface area contributed by atoms with Crippen LogP contribution in [0.4, 0.5) is 0 Å². The molecule has 0 amide bonds. The summed E-state index contributed by atoms with van der Waals surface area (Å²) < 4.78 is 12.8. The summed E-state index contributed by atoms with van der Waals surface area (Å²) in [4.78, 5) is 6.51. The van der Waals surface area contributed by atoms with Crippen LogP contribution in [0.15, 0.2) is 41.5 Å². The molecule has 0 saturated heterocycles. The average Bonchev–Trinajstić information content (AvgIpc) is 3.06. The summed E-state index contributed by atoms with van der Waals surface area (Å²) in [7, 11) is 9.24. The fourth-order valence-electron chi connectivity index (χ4n) is 2.89. The molecule has 0 atom stereocenters. The number of ether oxygens (including phenoxy) is 2. The minimum atomic E-state index is 0.761. The molecule has 2 aromatic rings. The molecule has 0 aliphatic heterocycles. The first-order chi connectivity index (χ1) is 12.6. The van der Waals surface area contributed by atoms with Gasteiger partial charge in [0.2, 0.25) is 0 Å². The predicted octanol–water partition coefficient (Wildman–Crippen LogP) is 2.68. The molecule has 142 valence electrons. The molecule has 1 aromatic carbocycles. The smallest absolute Gasteiger partial charge is 0.193 e. The molecule has 0 unspecified atom stereocenters. The Hall–Kier alpha value is -2.63. The van der Waals surface area contributed by atoms with E-state index in [0.717, 1.165) is 43.4 Å². The van der Waals surface area contributed by atoms with Crippen LogP contribution in [0.25, 0.3) is 0 Å². The lowest BCUT2D eigenvalue weighted by Crippen LogP contribution is -2.39. The second-order valence-electron chi connectivity index (χ2n) is 6.23. The van der Waals surface area contributed by atoms with E-state index in [1.165, 1.54) is 11.3 Å². The van der Waals surface area contributed by atoms with Crippen molar-refractivity contribution >= 4 is 5.96 Å². The number of guanidine groups is 1. The van der Waals surface area contributed by atoms with E-state index in [1.54, 1.807) is 14.2 Å². The Balaban J connectivity index is 1.81. The first kappa shape index (κ1) is 19.7. The molecule has 0 spiro atoms. The van der Waals surface area contributed by atoms with E-state index < -0.39 is 0 Å². The molecule has 0 radical (unpaired) electrons. The van der Waals surface area contributed by atoms with Crippen LogP contribution in [0.1, 0.15) is 17.7 Å². The lowest BCUT2D eigenvalue weighted by Gasteiger charge is -2.22. The Labute approximate surface area is 156 Å². The number of rotatable bonds is 8. The number of benzene rings is 1. The quantitative estimate of drug-likeness (QED) is 0.448. The van der Waals surface area contributed by atoms with Crippen LogP contribution < -0.4 is 14.8 Å². The molecule has 6 heteroatoms. The molecule has 1 aromatic heterocycles. The van der Waals surface area contributed by atoms with E-state index in [0.29, 0.717) is 0 Å². The zero-order valence-corrected chi connectivity index (χ0v) is 16.5. The fraction of sp³-hybridized carbons (Fsp3) is 0.450. The van der Waals surface area contributed by atoms with Crippen LogP contribution in [0.3, 0.4) is 0 Å². The van der Waals surface area contributed by atoms with Crippen molar-refractivity contribution in [2.24, 2.45) is 12.0 Å². The average molecular weight is 358 g/mol. The van der Waals surface area contributed by atoms with E-state index >= 15 is 0 Å². The van der Waals surface area contributed by atoms with Crippen LogP contribution in [-0.4, -0.2) is 50.3 Å². The zero-order chi connectivity index (χ0) is 18.9. The Kier molecular flexibility index (Phi) is 7.38. The predicted molar refractivity (Wildman–Crippen MR) is 106 cm³/mol. The third-order valence-electron chi connectivity index (χ3n) is 4.40. The van der Waals surface area contributed by atoms with Crippen molar-refractivity contribution in [2.75, 3.05) is 34.9 Å². The molecule has 1 N–H and O–H groups in total. The van der Waals surface area contributed by atoms with Crippen molar-refractivity contribution in [3.8, 4) is 11.5 Å². The van der Waals surface area contributed by atoms with Crippen LogP contribution in [0, 0.1) is 0 Å². The van der Waals surface area contributed by atoms with E-state index in [1.807, 2.05) is 19.2 Å². The molecule has 0 saturated carbocycles. The number of hydrogen-bond donors (Lipinski definition) is 1. The number of hydrogen-bond acceptors (Lipinski definition) is 3. The van der Waals surface area contributed by atoms with Gasteiger partial charge < -0.3 is 24.3 Å². The topological polar surface area (TPSA) is 51.0 Å². The summed E-state index contributed by atoms with van der Waals surface area (Å²) in [6.07, 6.45) is 4.03. The summed E-state index contributed by atoms with van der Waals surface area (Å²) in [5, 5.41) is 3.43. The Morgan fingerprint density at radius 2 is 1.96 bits per heavy atom. The summed E-state index contributed by atoms with van der Waals surface area (Å²) in [5.41, 5.74) is 2.48. The van der Waals surface area contributed by atoms with Gasteiger partial charge in [0.05, 0.1) is 20.8 Å². The fourth-order valence-corrected chi connectivity index (χ4v) is 2.89. The summed E-state index contributed by atoms with van der Waals surface area (Å²) in [6.45, 7) is 1.68. The maximum Gasteiger partial charge on any atom is 0.193 e. The minimum absolute atomic E-state index is 0.761. The highest BCUT2D eigenvalue weighted by Crippen LogP contribution is 2.27. The second-order valence-corrected chi connectivity index (χ2v) is 6.23. The van der Waals surface area contributed by atoms with Gasteiger partial charge in [0.1, 0.15) is 0 Å². The van der Waals surface area contributed by atoms with Gasteiger partial charge in [-0.3, -0.25) is 4.99 Å². The number of aryl methyl sites for hydroxylation is 2. The van der Waals surface area contributed by atoms with Gasteiger partial charge >= 0.3 is 0 Å². The van der Waals surface area contributed by atoms with E-state index in [2.05, 4.69) is 58.3 Å². The van der Waals surface area contributed by atoms with Gasteiger partial charge in [-0.15, -0.1) is 0 Å². The van der Waals surface area contributed by atoms with Gasteiger partial charge in [-0.2, -0.15) is 0 Å². The second kappa shape index (κ2) is 9.75. The van der Waals surface area contributed by atoms with Crippen LogP contribution in [-0.2, 0) is 20.0 Å². The van der Waals surface area contributed by atoms with Crippen molar-refractivity contribution in [3.63, 3.8) is 0 Å². The van der Waals surface area contributed by atoms with Gasteiger partial charge in [-0.25, -0.2) is 0 Å². The molecule has 26 heavy (non-hydrogen) atoms. The number of methoxy groups -OCH3 is 2. The van der Waals surface area contributed by atoms with Crippen molar-refractivity contribution < 1.29 is 9.47 Å². The first-order valence-electron chi connectivity index (χ1n) is 8.82. The molecular weight excluding hydrogens is 328 g/mol. The summed E-state index contributed by atoms with van der Waals surface area (Å²) in [6, 6.07) is 10.3. The van der Waals surface area contributed by atoms with Crippen LogP contribution in [0.5, 0.6) is 11.5 Å². The highest BCUT2D eigenvalue weighted by atomic mass is 16.5. The third kappa shape index (κ3) is 5.18. The van der Waals surface area contributed by atoms with Crippen molar-refractivity contribution in [1.82, 2.24) is 14.8 Å². The minimum Gasteiger partial charge on any atom is -0.493 e. The van der Waals surface area contributed by atoms with Crippen LogP contribution in [0.2, 0.25) is 0 Å².